The Hall–Kier alpha value is -2.53. The van der Waals surface area contributed by atoms with Crippen molar-refractivity contribution in [3.8, 4) is 11.8 Å². The molecule has 6 heteroatoms. The van der Waals surface area contributed by atoms with Gasteiger partial charge in [0.05, 0.1) is 29.8 Å². The summed E-state index contributed by atoms with van der Waals surface area (Å²) in [6.45, 7) is 6.41. The first-order valence-corrected chi connectivity index (χ1v) is 22.3. The van der Waals surface area contributed by atoms with Gasteiger partial charge in [-0.25, -0.2) is 0 Å². The van der Waals surface area contributed by atoms with Crippen LogP contribution in [0.5, 0.6) is 0 Å². The average molecular weight is 759 g/mol. The van der Waals surface area contributed by atoms with E-state index in [1.165, 1.54) is 16.0 Å². The van der Waals surface area contributed by atoms with E-state index in [-0.39, 0.29) is 52.1 Å². The molecule has 11 aliphatic carbocycles. The molecule has 0 aromatic heterocycles. The number of hydrogen-bond donors (Lipinski definition) is 5. The SMILES string of the molecule is C[C@@]12CCC#C[C@H](O)[C@]34[C@H](C1)C1=CC(=O)[C@H]5[C@]67CC[C@H](O)[C@@](C)([C@H](O)CO)[C@H]6CC[C@@]5(CC[C@H]5C=c6ccccc6=C[C@H]57)[C@]1(C)C[C@@]3(O)C=CC1CCC[C@]14C2. The molecule has 1 aromatic rings. The molecule has 0 amide bonds. The van der Waals surface area contributed by atoms with Gasteiger partial charge in [-0.05, 0) is 150 Å². The molecule has 6 saturated carbocycles. The van der Waals surface area contributed by atoms with E-state index < -0.39 is 57.6 Å². The summed E-state index contributed by atoms with van der Waals surface area (Å²) >= 11 is 0. The standard InChI is InChI=1S/C50H62O6/c1-43-17-7-6-12-40(54)50-36(26-43)35-25-37(52)42-46(44(35,2)29-48(50,56)21-14-33-11-8-18-47(33,50)28-43)19-13-32-23-30-9-4-5-10-31(30)24-34(32)49(42)22-16-39(53)45(3,41(55)27-51)38(49)15-20-46/h4-5,9-10,14,21,23-25,32-34,36,38-42,51,53-56H,7-8,11,13,15-20,22,26-29H2,1-3H3/t32-,33?,34+,36+,38+,39-,40-,41+,42+,43+,44+,45-,46+,47-,48-,49-,50-/m0/s1. The van der Waals surface area contributed by atoms with Gasteiger partial charge in [0.2, 0.25) is 0 Å². The van der Waals surface area contributed by atoms with Crippen LogP contribution in [0, 0.1) is 85.3 Å². The average Bonchev–Trinajstić information content (AvgIpc) is 3.58. The Balaban J connectivity index is 1.19. The maximum Gasteiger partial charge on any atom is 0.159 e. The highest BCUT2D eigenvalue weighted by Gasteiger charge is 2.83. The molecule has 298 valence electrons. The van der Waals surface area contributed by atoms with Crippen molar-refractivity contribution in [2.75, 3.05) is 6.61 Å². The summed E-state index contributed by atoms with van der Waals surface area (Å²) in [5.41, 5.74) is -3.99. The lowest BCUT2D eigenvalue weighted by atomic mass is 9.26. The summed E-state index contributed by atoms with van der Waals surface area (Å²) < 4.78 is 0. The number of allylic oxidation sites excluding steroid dienone is 3. The van der Waals surface area contributed by atoms with E-state index in [0.717, 1.165) is 70.6 Å². The number of carbonyl (C=O) groups is 1. The van der Waals surface area contributed by atoms with Crippen LogP contribution in [0.2, 0.25) is 0 Å². The van der Waals surface area contributed by atoms with E-state index in [1.54, 1.807) is 0 Å². The molecule has 6 nitrogen and oxygen atoms in total. The predicted molar refractivity (Wildman–Crippen MR) is 214 cm³/mol. The summed E-state index contributed by atoms with van der Waals surface area (Å²) in [6.07, 6.45) is 20.0. The highest BCUT2D eigenvalue weighted by molar-refractivity contribution is 5.96. The molecule has 1 aromatic carbocycles. The molecule has 17 atom stereocenters. The largest absolute Gasteiger partial charge is 0.394 e. The first-order chi connectivity index (χ1) is 26.7. The van der Waals surface area contributed by atoms with E-state index >= 15 is 4.79 Å². The van der Waals surface area contributed by atoms with Gasteiger partial charge in [0, 0.05) is 17.8 Å². The number of rotatable bonds is 2. The lowest BCUT2D eigenvalue weighted by molar-refractivity contribution is -0.294. The Morgan fingerprint density at radius 2 is 1.68 bits per heavy atom. The molecular formula is C50H62O6. The normalized spacial score (nSPS) is 54.7. The molecular weight excluding hydrogens is 697 g/mol. The van der Waals surface area contributed by atoms with Crippen LogP contribution in [-0.2, 0) is 4.79 Å². The monoisotopic (exact) mass is 758 g/mol. The van der Waals surface area contributed by atoms with Crippen molar-refractivity contribution in [1.82, 2.24) is 0 Å². The van der Waals surface area contributed by atoms with Crippen molar-refractivity contribution >= 4 is 17.9 Å². The quantitative estimate of drug-likeness (QED) is 0.205. The van der Waals surface area contributed by atoms with Crippen molar-refractivity contribution in [1.29, 1.82) is 0 Å². The van der Waals surface area contributed by atoms with E-state index in [4.69, 9.17) is 0 Å². The van der Waals surface area contributed by atoms with E-state index in [1.807, 2.05) is 6.92 Å². The van der Waals surface area contributed by atoms with Crippen LogP contribution in [-0.4, -0.2) is 61.8 Å². The zero-order valence-electron chi connectivity index (χ0n) is 33.6. The fourth-order valence-electron chi connectivity index (χ4n) is 18.6. The molecule has 3 spiro atoms. The van der Waals surface area contributed by atoms with Gasteiger partial charge in [0.25, 0.3) is 0 Å². The second-order valence-corrected chi connectivity index (χ2v) is 21.9. The summed E-state index contributed by atoms with van der Waals surface area (Å²) in [7, 11) is 0. The third-order valence-corrected chi connectivity index (χ3v) is 20.4. The predicted octanol–water partition coefficient (Wildman–Crippen LogP) is 5.37. The van der Waals surface area contributed by atoms with Gasteiger partial charge in [-0.2, -0.15) is 0 Å². The van der Waals surface area contributed by atoms with Gasteiger partial charge in [0.1, 0.15) is 6.10 Å². The maximum absolute atomic E-state index is 16.1. The first-order valence-electron chi connectivity index (χ1n) is 22.3. The van der Waals surface area contributed by atoms with Crippen LogP contribution in [0.3, 0.4) is 0 Å². The van der Waals surface area contributed by atoms with Crippen LogP contribution in [0.15, 0.2) is 48.1 Å². The summed E-state index contributed by atoms with van der Waals surface area (Å²) in [5.74, 6) is 6.65. The lowest BCUT2D eigenvalue weighted by Crippen LogP contribution is -2.78. The Kier molecular flexibility index (Phi) is 7.43. The van der Waals surface area contributed by atoms with E-state index in [0.29, 0.717) is 19.3 Å². The summed E-state index contributed by atoms with van der Waals surface area (Å²) in [4.78, 5) is 16.1. The van der Waals surface area contributed by atoms with E-state index in [2.05, 4.69) is 80.3 Å². The fraction of sp³-hybridized carbons (Fsp3) is 0.700. The summed E-state index contributed by atoms with van der Waals surface area (Å²) in [6, 6.07) is 8.59. The van der Waals surface area contributed by atoms with Crippen molar-refractivity contribution in [2.24, 2.45) is 73.4 Å². The molecule has 4 bridgehead atoms. The van der Waals surface area contributed by atoms with Crippen molar-refractivity contribution < 1.29 is 30.3 Å². The number of fused-ring (bicyclic) bond motifs is 6. The second kappa shape index (κ2) is 11.4. The zero-order chi connectivity index (χ0) is 38.9. The molecule has 0 aliphatic heterocycles. The topological polar surface area (TPSA) is 118 Å². The Morgan fingerprint density at radius 3 is 2.46 bits per heavy atom. The van der Waals surface area contributed by atoms with Gasteiger partial charge in [-0.3, -0.25) is 4.79 Å². The second-order valence-electron chi connectivity index (χ2n) is 21.9. The van der Waals surface area contributed by atoms with Crippen molar-refractivity contribution in [2.45, 2.75) is 135 Å². The third kappa shape index (κ3) is 3.89. The molecule has 11 aliphatic rings. The first kappa shape index (κ1) is 36.5. The number of benzene rings is 1. The highest BCUT2D eigenvalue weighted by Crippen LogP contribution is 2.85. The number of aliphatic hydroxyl groups is 5. The fourth-order valence-corrected chi connectivity index (χ4v) is 18.6. The lowest BCUT2D eigenvalue weighted by Gasteiger charge is -2.78. The van der Waals surface area contributed by atoms with Gasteiger partial charge in [0.15, 0.2) is 5.78 Å². The number of ketones is 1. The Bertz CT molecular complexity index is 2160. The minimum absolute atomic E-state index is 0.0156. The van der Waals surface area contributed by atoms with Gasteiger partial charge >= 0.3 is 0 Å². The minimum Gasteiger partial charge on any atom is -0.394 e. The van der Waals surface area contributed by atoms with Gasteiger partial charge in [-0.1, -0.05) is 87.3 Å². The molecule has 6 fully saturated rings. The molecule has 0 saturated heterocycles. The van der Waals surface area contributed by atoms with Crippen LogP contribution in [0.25, 0.3) is 12.2 Å². The van der Waals surface area contributed by atoms with Crippen LogP contribution in [0.1, 0.15) is 111 Å². The Morgan fingerprint density at radius 1 is 0.911 bits per heavy atom. The molecule has 0 heterocycles. The molecule has 5 N–H and O–H groups in total. The van der Waals surface area contributed by atoms with E-state index in [9.17, 15) is 25.5 Å². The number of hydrogen-bond acceptors (Lipinski definition) is 6. The van der Waals surface area contributed by atoms with Gasteiger partial charge < -0.3 is 25.5 Å². The van der Waals surface area contributed by atoms with Crippen molar-refractivity contribution in [3.63, 3.8) is 0 Å². The number of aliphatic hydroxyl groups excluding tert-OH is 4. The van der Waals surface area contributed by atoms with Crippen LogP contribution >= 0.6 is 0 Å². The molecule has 1 unspecified atom stereocenters. The third-order valence-electron chi connectivity index (χ3n) is 20.4. The molecule has 0 radical (unpaired) electrons. The maximum atomic E-state index is 16.1. The van der Waals surface area contributed by atoms with Gasteiger partial charge in [-0.15, -0.1) is 5.92 Å². The minimum atomic E-state index is -1.31. The van der Waals surface area contributed by atoms with Crippen LogP contribution in [0.4, 0.5) is 0 Å². The number of carbonyl (C=O) groups excluding carboxylic acids is 1. The smallest absolute Gasteiger partial charge is 0.159 e. The van der Waals surface area contributed by atoms with Crippen LogP contribution < -0.4 is 10.4 Å². The molecule has 56 heavy (non-hydrogen) atoms. The zero-order valence-corrected chi connectivity index (χ0v) is 33.6. The highest BCUT2D eigenvalue weighted by atomic mass is 16.3. The summed E-state index contributed by atoms with van der Waals surface area (Å²) in [5, 5.41) is 63.5. The Labute approximate surface area is 332 Å². The molecule has 12 rings (SSSR count). The van der Waals surface area contributed by atoms with Crippen molar-refractivity contribution in [3.05, 3.63) is 58.5 Å².